The summed E-state index contributed by atoms with van der Waals surface area (Å²) in [7, 11) is 0. The van der Waals surface area contributed by atoms with Crippen LogP contribution in [-0.2, 0) is 0 Å². The van der Waals surface area contributed by atoms with Crippen LogP contribution in [0.15, 0.2) is 22.8 Å². The number of aromatic nitrogens is 3. The predicted molar refractivity (Wildman–Crippen MR) is 88.5 cm³/mol. The zero-order valence-electron chi connectivity index (χ0n) is 11.6. The molecule has 3 rings (SSSR count). The molecule has 0 aliphatic heterocycles. The third kappa shape index (κ3) is 2.96. The van der Waals surface area contributed by atoms with Gasteiger partial charge in [0.05, 0.1) is 0 Å². The first-order chi connectivity index (χ1) is 9.71. The van der Waals surface area contributed by atoms with Gasteiger partial charge in [0.15, 0.2) is 5.65 Å². The summed E-state index contributed by atoms with van der Waals surface area (Å²) in [6.07, 6.45) is 10.8. The highest BCUT2D eigenvalue weighted by molar-refractivity contribution is 9.10. The van der Waals surface area contributed by atoms with Crippen LogP contribution in [0.4, 0.5) is 5.95 Å². The molecule has 20 heavy (non-hydrogen) atoms. The Morgan fingerprint density at radius 1 is 1.35 bits per heavy atom. The fourth-order valence-corrected chi connectivity index (χ4v) is 4.06. The van der Waals surface area contributed by atoms with Crippen molar-refractivity contribution in [2.45, 2.75) is 36.9 Å². The molecule has 2 aromatic rings. The third-order valence-electron chi connectivity index (χ3n) is 4.06. The van der Waals surface area contributed by atoms with Gasteiger partial charge in [-0.1, -0.05) is 19.3 Å². The van der Waals surface area contributed by atoms with Gasteiger partial charge in [-0.3, -0.25) is 0 Å². The van der Waals surface area contributed by atoms with E-state index in [1.54, 1.807) is 4.52 Å². The minimum Gasteiger partial charge on any atom is -0.352 e. The maximum Gasteiger partial charge on any atom is 0.243 e. The fourth-order valence-electron chi connectivity index (χ4n) is 2.82. The van der Waals surface area contributed by atoms with Crippen molar-refractivity contribution >= 4 is 39.3 Å². The van der Waals surface area contributed by atoms with Gasteiger partial charge in [0.2, 0.25) is 5.95 Å². The van der Waals surface area contributed by atoms with Crippen LogP contribution in [0.25, 0.3) is 5.65 Å². The number of hydrogen-bond donors (Lipinski definition) is 1. The number of thioether (sulfide) groups is 1. The number of halogens is 1. The van der Waals surface area contributed by atoms with E-state index in [1.807, 2.05) is 30.1 Å². The molecule has 108 valence electrons. The van der Waals surface area contributed by atoms with E-state index < -0.39 is 0 Å². The molecule has 1 fully saturated rings. The summed E-state index contributed by atoms with van der Waals surface area (Å²) in [5.74, 6) is 0.724. The van der Waals surface area contributed by atoms with Crippen LogP contribution in [0, 0.1) is 0 Å². The maximum atomic E-state index is 4.51. The highest BCUT2D eigenvalue weighted by Crippen LogP contribution is 2.38. The quantitative estimate of drug-likeness (QED) is 0.901. The Hall–Kier alpha value is -0.750. The number of nitrogens with one attached hydrogen (secondary N) is 1. The normalized spacial score (nSPS) is 18.3. The Bertz CT molecular complexity index is 592. The Morgan fingerprint density at radius 2 is 2.15 bits per heavy atom. The Kier molecular flexibility index (Phi) is 4.21. The Labute approximate surface area is 131 Å². The van der Waals surface area contributed by atoms with E-state index in [4.69, 9.17) is 0 Å². The lowest BCUT2D eigenvalue weighted by Gasteiger charge is -2.35. The van der Waals surface area contributed by atoms with Gasteiger partial charge in [0, 0.05) is 22.0 Å². The first-order valence-corrected chi connectivity index (χ1v) is 9.04. The van der Waals surface area contributed by atoms with Crippen LogP contribution >= 0.6 is 27.7 Å². The molecule has 0 atom stereocenters. The summed E-state index contributed by atoms with van der Waals surface area (Å²) >= 11 is 5.44. The van der Waals surface area contributed by atoms with Crippen molar-refractivity contribution in [3.8, 4) is 0 Å². The van der Waals surface area contributed by atoms with E-state index in [0.717, 1.165) is 22.6 Å². The van der Waals surface area contributed by atoms with E-state index in [0.29, 0.717) is 4.75 Å². The van der Waals surface area contributed by atoms with Crippen molar-refractivity contribution in [1.82, 2.24) is 14.6 Å². The van der Waals surface area contributed by atoms with Crippen LogP contribution in [0.1, 0.15) is 32.1 Å². The van der Waals surface area contributed by atoms with Crippen molar-refractivity contribution in [3.63, 3.8) is 0 Å². The van der Waals surface area contributed by atoms with Crippen molar-refractivity contribution < 1.29 is 0 Å². The number of hydrogen-bond acceptors (Lipinski definition) is 4. The molecule has 2 aromatic heterocycles. The summed E-state index contributed by atoms with van der Waals surface area (Å²) in [6, 6.07) is 3.95. The standard InChI is InChI=1S/C14H19BrN4S/c1-20-14(7-3-2-4-8-14)10-16-13-17-12-6-5-11(15)9-19(12)18-13/h5-6,9H,2-4,7-8,10H2,1H3,(H,16,18). The summed E-state index contributed by atoms with van der Waals surface area (Å²) < 4.78 is 3.17. The van der Waals surface area contributed by atoms with E-state index in [9.17, 15) is 0 Å². The smallest absolute Gasteiger partial charge is 0.243 e. The molecule has 4 nitrogen and oxygen atoms in total. The van der Waals surface area contributed by atoms with Crippen molar-refractivity contribution in [2.24, 2.45) is 0 Å². The molecule has 0 spiro atoms. The molecule has 6 heteroatoms. The molecule has 0 amide bonds. The van der Waals surface area contributed by atoms with E-state index in [2.05, 4.69) is 37.6 Å². The number of fused-ring (bicyclic) bond motifs is 1. The Morgan fingerprint density at radius 3 is 2.90 bits per heavy atom. The monoisotopic (exact) mass is 354 g/mol. The van der Waals surface area contributed by atoms with Crippen LogP contribution in [0.3, 0.4) is 0 Å². The zero-order chi connectivity index (χ0) is 14.0. The lowest BCUT2D eigenvalue weighted by molar-refractivity contribution is 0.411. The zero-order valence-corrected chi connectivity index (χ0v) is 14.0. The lowest BCUT2D eigenvalue weighted by Crippen LogP contribution is -2.35. The minimum absolute atomic E-state index is 0.357. The topological polar surface area (TPSA) is 42.2 Å². The van der Waals surface area contributed by atoms with Gasteiger partial charge < -0.3 is 5.32 Å². The maximum absolute atomic E-state index is 4.51. The van der Waals surface area contributed by atoms with Gasteiger partial charge >= 0.3 is 0 Å². The molecule has 1 N–H and O–H groups in total. The SMILES string of the molecule is CSC1(CNc2nc3ccc(Br)cn3n2)CCCCC1. The fraction of sp³-hybridized carbons (Fsp3) is 0.571. The average molecular weight is 355 g/mol. The first-order valence-electron chi connectivity index (χ1n) is 7.02. The summed E-state index contributed by atoms with van der Waals surface area (Å²) in [6.45, 7) is 0.951. The molecular formula is C14H19BrN4S. The molecule has 0 saturated heterocycles. The second kappa shape index (κ2) is 5.93. The van der Waals surface area contributed by atoms with Crippen LogP contribution in [-0.4, -0.2) is 32.1 Å². The van der Waals surface area contributed by atoms with Gasteiger partial charge in [0.25, 0.3) is 0 Å². The highest BCUT2D eigenvalue weighted by atomic mass is 79.9. The van der Waals surface area contributed by atoms with Crippen molar-refractivity contribution in [2.75, 3.05) is 18.1 Å². The van der Waals surface area contributed by atoms with Crippen LogP contribution in [0.5, 0.6) is 0 Å². The first kappa shape index (κ1) is 14.2. The summed E-state index contributed by atoms with van der Waals surface area (Å²) in [5.41, 5.74) is 0.873. The molecule has 0 radical (unpaired) electrons. The molecule has 0 unspecified atom stereocenters. The van der Waals surface area contributed by atoms with Crippen molar-refractivity contribution in [1.29, 1.82) is 0 Å². The van der Waals surface area contributed by atoms with Crippen molar-refractivity contribution in [3.05, 3.63) is 22.8 Å². The molecule has 0 aromatic carbocycles. The second-order valence-corrected chi connectivity index (χ2v) is 7.58. The van der Waals surface area contributed by atoms with Gasteiger partial charge in [-0.15, -0.1) is 5.10 Å². The molecule has 1 aliphatic carbocycles. The van der Waals surface area contributed by atoms with E-state index in [1.165, 1.54) is 32.1 Å². The number of pyridine rings is 1. The Balaban J connectivity index is 1.72. The summed E-state index contributed by atoms with van der Waals surface area (Å²) in [4.78, 5) is 4.51. The van der Waals surface area contributed by atoms with E-state index >= 15 is 0 Å². The third-order valence-corrected chi connectivity index (χ3v) is 5.95. The van der Waals surface area contributed by atoms with Gasteiger partial charge in [-0.05, 0) is 47.2 Å². The van der Waals surface area contributed by atoms with Gasteiger partial charge in [-0.2, -0.15) is 16.7 Å². The predicted octanol–water partition coefficient (Wildman–Crippen LogP) is 3.97. The second-order valence-electron chi connectivity index (χ2n) is 5.39. The lowest BCUT2D eigenvalue weighted by atomic mass is 9.88. The van der Waals surface area contributed by atoms with Gasteiger partial charge in [0.1, 0.15) is 0 Å². The van der Waals surface area contributed by atoms with E-state index in [-0.39, 0.29) is 0 Å². The van der Waals surface area contributed by atoms with Gasteiger partial charge in [-0.25, -0.2) is 4.52 Å². The largest absolute Gasteiger partial charge is 0.352 e. The number of anilines is 1. The molecule has 0 bridgehead atoms. The number of nitrogens with zero attached hydrogens (tertiary/aromatic N) is 3. The van der Waals surface area contributed by atoms with Crippen LogP contribution in [0.2, 0.25) is 0 Å². The molecular weight excluding hydrogens is 336 g/mol. The average Bonchev–Trinajstić information content (AvgIpc) is 2.88. The summed E-state index contributed by atoms with van der Waals surface area (Å²) in [5, 5.41) is 7.91. The highest BCUT2D eigenvalue weighted by Gasteiger charge is 2.31. The molecule has 1 aliphatic rings. The van der Waals surface area contributed by atoms with Crippen LogP contribution < -0.4 is 5.32 Å². The molecule has 1 saturated carbocycles. The minimum atomic E-state index is 0.357. The molecule has 2 heterocycles. The number of rotatable bonds is 4.